The first-order valence-corrected chi connectivity index (χ1v) is 8.95. The van der Waals surface area contributed by atoms with Crippen molar-refractivity contribution in [2.24, 2.45) is 0 Å². The van der Waals surface area contributed by atoms with Gasteiger partial charge in [-0.3, -0.25) is 0 Å². The van der Waals surface area contributed by atoms with E-state index in [9.17, 15) is 12.8 Å². The van der Waals surface area contributed by atoms with E-state index >= 15 is 0 Å². The molecule has 0 amide bonds. The molecule has 124 valence electrons. The van der Waals surface area contributed by atoms with E-state index < -0.39 is 15.8 Å². The minimum Gasteiger partial charge on any atom is -0.311 e. The molecule has 2 heterocycles. The predicted octanol–water partition coefficient (Wildman–Crippen LogP) is 2.77. The fraction of sp³-hybridized carbons (Fsp3) is 0.571. The zero-order valence-electron chi connectivity index (χ0n) is 12.1. The number of fused-ring (bicyclic) bond motifs is 2. The Labute approximate surface area is 141 Å². The number of halogens is 3. The molecule has 2 N–H and O–H groups in total. The van der Waals surface area contributed by atoms with Gasteiger partial charge in [0.25, 0.3) is 0 Å². The Morgan fingerprint density at radius 3 is 2.45 bits per heavy atom. The largest absolute Gasteiger partial charge is 0.311 e. The second-order valence-electron chi connectivity index (χ2n) is 5.96. The van der Waals surface area contributed by atoms with Crippen LogP contribution in [-0.2, 0) is 10.0 Å². The van der Waals surface area contributed by atoms with Crippen molar-refractivity contribution in [2.45, 2.75) is 55.6 Å². The van der Waals surface area contributed by atoms with Gasteiger partial charge in [0.2, 0.25) is 10.0 Å². The number of rotatable bonds is 3. The zero-order chi connectivity index (χ0) is 15.2. The SMILES string of the molecule is Cc1cc(S(=O)(=O)NC2CC3CCC(C2)N3)c(Cl)cc1F.Cl. The molecule has 22 heavy (non-hydrogen) atoms. The highest BCUT2D eigenvalue weighted by atomic mass is 35.5. The summed E-state index contributed by atoms with van der Waals surface area (Å²) >= 11 is 5.90. The smallest absolute Gasteiger partial charge is 0.242 e. The number of benzene rings is 1. The summed E-state index contributed by atoms with van der Waals surface area (Å²) in [4.78, 5) is -0.0473. The molecule has 2 aliphatic rings. The van der Waals surface area contributed by atoms with Crippen LogP contribution in [-0.4, -0.2) is 26.5 Å². The molecular weight excluding hydrogens is 350 g/mol. The molecule has 0 aromatic heterocycles. The summed E-state index contributed by atoms with van der Waals surface area (Å²) in [5.41, 5.74) is 0.269. The van der Waals surface area contributed by atoms with Gasteiger partial charge in [0.15, 0.2) is 0 Å². The molecule has 0 saturated carbocycles. The van der Waals surface area contributed by atoms with Gasteiger partial charge < -0.3 is 5.32 Å². The first-order valence-electron chi connectivity index (χ1n) is 7.09. The van der Waals surface area contributed by atoms with E-state index in [4.69, 9.17) is 11.6 Å². The summed E-state index contributed by atoms with van der Waals surface area (Å²) in [7, 11) is -3.73. The lowest BCUT2D eigenvalue weighted by Gasteiger charge is -2.29. The third-order valence-electron chi connectivity index (χ3n) is 4.30. The quantitative estimate of drug-likeness (QED) is 0.862. The maximum absolute atomic E-state index is 13.4. The standard InChI is InChI=1S/C14H18ClFN2O2S.ClH/c1-8-4-14(12(15)7-13(8)16)21(19,20)18-11-5-9-2-3-10(6-11)17-9;/h4,7,9-11,17-18H,2-3,5-6H2,1H3;1H. The number of hydrogen-bond donors (Lipinski definition) is 2. The molecule has 2 unspecified atom stereocenters. The van der Waals surface area contributed by atoms with Crippen molar-refractivity contribution in [3.05, 3.63) is 28.5 Å². The van der Waals surface area contributed by atoms with Crippen LogP contribution in [0.3, 0.4) is 0 Å². The van der Waals surface area contributed by atoms with Crippen LogP contribution in [0.5, 0.6) is 0 Å². The highest BCUT2D eigenvalue weighted by Gasteiger charge is 2.35. The molecule has 2 fully saturated rings. The Balaban J connectivity index is 0.00000176. The van der Waals surface area contributed by atoms with Crippen LogP contribution in [0, 0.1) is 12.7 Å². The van der Waals surface area contributed by atoms with Gasteiger partial charge >= 0.3 is 0 Å². The number of nitrogens with one attached hydrogen (secondary N) is 2. The van der Waals surface area contributed by atoms with E-state index in [1.54, 1.807) is 0 Å². The van der Waals surface area contributed by atoms with E-state index in [1.807, 2.05) is 0 Å². The summed E-state index contributed by atoms with van der Waals surface area (Å²) in [6, 6.07) is 3.03. The van der Waals surface area contributed by atoms with Gasteiger partial charge in [0.1, 0.15) is 10.7 Å². The molecular formula is C14H19Cl2FN2O2S. The van der Waals surface area contributed by atoms with Crippen LogP contribution in [0.25, 0.3) is 0 Å². The fourth-order valence-corrected chi connectivity index (χ4v) is 5.13. The van der Waals surface area contributed by atoms with Crippen molar-refractivity contribution < 1.29 is 12.8 Å². The number of piperidine rings is 1. The van der Waals surface area contributed by atoms with Crippen LogP contribution in [0.4, 0.5) is 4.39 Å². The Kier molecular flexibility index (Phi) is 5.39. The Bertz CT molecular complexity index is 657. The van der Waals surface area contributed by atoms with Crippen molar-refractivity contribution in [1.82, 2.24) is 10.0 Å². The fourth-order valence-electron chi connectivity index (χ4n) is 3.27. The minimum absolute atomic E-state index is 0. The van der Waals surface area contributed by atoms with Gasteiger partial charge in [-0.25, -0.2) is 17.5 Å². The average Bonchev–Trinajstić information content (AvgIpc) is 2.72. The Morgan fingerprint density at radius 1 is 1.27 bits per heavy atom. The molecule has 1 aromatic carbocycles. The topological polar surface area (TPSA) is 58.2 Å². The third kappa shape index (κ3) is 3.57. The molecule has 0 radical (unpaired) electrons. The van der Waals surface area contributed by atoms with Gasteiger partial charge in [-0.05, 0) is 50.3 Å². The molecule has 8 heteroatoms. The first kappa shape index (κ1) is 17.9. The van der Waals surface area contributed by atoms with E-state index in [1.165, 1.54) is 13.0 Å². The highest BCUT2D eigenvalue weighted by molar-refractivity contribution is 7.89. The van der Waals surface area contributed by atoms with Crippen molar-refractivity contribution in [2.75, 3.05) is 0 Å². The number of hydrogen-bond acceptors (Lipinski definition) is 3. The van der Waals surface area contributed by atoms with Crippen molar-refractivity contribution in [3.8, 4) is 0 Å². The summed E-state index contributed by atoms with van der Waals surface area (Å²) in [6.45, 7) is 1.52. The second kappa shape index (κ2) is 6.61. The minimum atomic E-state index is -3.73. The lowest BCUT2D eigenvalue weighted by atomic mass is 10.0. The van der Waals surface area contributed by atoms with Crippen LogP contribution >= 0.6 is 24.0 Å². The van der Waals surface area contributed by atoms with Crippen LogP contribution in [0.1, 0.15) is 31.2 Å². The maximum atomic E-state index is 13.4. The first-order chi connectivity index (χ1) is 9.85. The van der Waals surface area contributed by atoms with Crippen LogP contribution in [0.2, 0.25) is 5.02 Å². The predicted molar refractivity (Wildman–Crippen MR) is 86.7 cm³/mol. The summed E-state index contributed by atoms with van der Waals surface area (Å²) in [5, 5.41) is 3.38. The van der Waals surface area contributed by atoms with E-state index in [-0.39, 0.29) is 33.9 Å². The maximum Gasteiger partial charge on any atom is 0.242 e. The Morgan fingerprint density at radius 2 is 1.86 bits per heavy atom. The lowest BCUT2D eigenvalue weighted by molar-refractivity contribution is 0.345. The van der Waals surface area contributed by atoms with E-state index in [0.717, 1.165) is 31.7 Å². The average molecular weight is 369 g/mol. The molecule has 2 atom stereocenters. The molecule has 2 bridgehead atoms. The van der Waals surface area contributed by atoms with Crippen LogP contribution < -0.4 is 10.0 Å². The molecule has 2 saturated heterocycles. The normalized spacial score (nSPS) is 27.5. The van der Waals surface area contributed by atoms with Gasteiger partial charge in [0.05, 0.1) is 5.02 Å². The molecule has 4 nitrogen and oxygen atoms in total. The molecule has 2 aliphatic heterocycles. The van der Waals surface area contributed by atoms with E-state index in [2.05, 4.69) is 10.0 Å². The van der Waals surface area contributed by atoms with Crippen molar-refractivity contribution in [1.29, 1.82) is 0 Å². The third-order valence-corrected chi connectivity index (χ3v) is 6.28. The molecule has 1 aromatic rings. The number of aryl methyl sites for hydroxylation is 1. The summed E-state index contributed by atoms with van der Waals surface area (Å²) in [5.74, 6) is -0.501. The highest BCUT2D eigenvalue weighted by Crippen LogP contribution is 2.29. The molecule has 0 aliphatic carbocycles. The van der Waals surface area contributed by atoms with Crippen molar-refractivity contribution >= 4 is 34.0 Å². The van der Waals surface area contributed by atoms with E-state index in [0.29, 0.717) is 12.1 Å². The Hall–Kier alpha value is -0.400. The van der Waals surface area contributed by atoms with Gasteiger partial charge in [-0.2, -0.15) is 0 Å². The van der Waals surface area contributed by atoms with Crippen LogP contribution in [0.15, 0.2) is 17.0 Å². The number of sulfonamides is 1. The second-order valence-corrected chi connectivity index (χ2v) is 8.05. The summed E-state index contributed by atoms with van der Waals surface area (Å²) in [6.07, 6.45) is 3.76. The van der Waals surface area contributed by atoms with Gasteiger partial charge in [0, 0.05) is 18.1 Å². The monoisotopic (exact) mass is 368 g/mol. The molecule has 0 spiro atoms. The van der Waals surface area contributed by atoms with Gasteiger partial charge in [-0.1, -0.05) is 11.6 Å². The molecule has 3 rings (SSSR count). The zero-order valence-corrected chi connectivity index (χ0v) is 14.5. The lowest BCUT2D eigenvalue weighted by Crippen LogP contribution is -2.47. The summed E-state index contributed by atoms with van der Waals surface area (Å²) < 4.78 is 41.1. The van der Waals surface area contributed by atoms with Crippen molar-refractivity contribution in [3.63, 3.8) is 0 Å². The van der Waals surface area contributed by atoms with Gasteiger partial charge in [-0.15, -0.1) is 12.4 Å².